The van der Waals surface area contributed by atoms with Crippen LogP contribution in [0, 0.1) is 12.3 Å². The molecule has 0 radical (unpaired) electrons. The first-order valence-electron chi connectivity index (χ1n) is 13.0. The molecule has 2 amide bonds. The van der Waals surface area contributed by atoms with Crippen LogP contribution in [0.2, 0.25) is 0 Å². The molecule has 5 heterocycles. The van der Waals surface area contributed by atoms with Gasteiger partial charge >= 0.3 is 0 Å². The van der Waals surface area contributed by atoms with Crippen LogP contribution in [0.3, 0.4) is 0 Å². The van der Waals surface area contributed by atoms with Gasteiger partial charge in [-0.2, -0.15) is 0 Å². The van der Waals surface area contributed by atoms with Gasteiger partial charge in [0.25, 0.3) is 5.91 Å². The number of aromatic nitrogens is 3. The van der Waals surface area contributed by atoms with Gasteiger partial charge < -0.3 is 19.0 Å². The van der Waals surface area contributed by atoms with E-state index in [4.69, 9.17) is 9.15 Å². The number of hydrogen-bond donors (Lipinski definition) is 0. The molecular weight excluding hydrogens is 460 g/mol. The van der Waals surface area contributed by atoms with Crippen molar-refractivity contribution in [3.8, 4) is 0 Å². The Morgan fingerprint density at radius 2 is 1.86 bits per heavy atom. The third-order valence-corrected chi connectivity index (χ3v) is 7.87. The second-order valence-electron chi connectivity index (χ2n) is 10.7. The molecule has 2 aromatic rings. The van der Waals surface area contributed by atoms with Gasteiger partial charge in [0.15, 0.2) is 0 Å². The number of hydrogen-bond acceptors (Lipinski definition) is 8. The normalized spacial score (nSPS) is 22.5. The summed E-state index contributed by atoms with van der Waals surface area (Å²) in [6, 6.07) is 3.67. The Labute approximate surface area is 212 Å². The number of piperidine rings is 1. The number of carbonyl (C=O) groups excluding carboxylic acids is 2. The minimum atomic E-state index is -0.102. The van der Waals surface area contributed by atoms with Crippen LogP contribution in [0.15, 0.2) is 22.7 Å². The maximum absolute atomic E-state index is 13.1. The van der Waals surface area contributed by atoms with Crippen molar-refractivity contribution in [2.75, 3.05) is 52.5 Å². The van der Waals surface area contributed by atoms with Gasteiger partial charge in [0, 0.05) is 44.8 Å². The highest BCUT2D eigenvalue weighted by Crippen LogP contribution is 2.49. The molecule has 3 fully saturated rings. The van der Waals surface area contributed by atoms with E-state index in [1.165, 1.54) is 0 Å². The molecule has 194 valence electrons. The Balaban J connectivity index is 1.31. The maximum Gasteiger partial charge on any atom is 0.272 e. The lowest BCUT2D eigenvalue weighted by Crippen LogP contribution is -2.47. The Kier molecular flexibility index (Phi) is 7.07. The van der Waals surface area contributed by atoms with E-state index in [1.54, 1.807) is 6.20 Å². The first kappa shape index (κ1) is 24.8. The van der Waals surface area contributed by atoms with E-state index in [0.29, 0.717) is 63.4 Å². The van der Waals surface area contributed by atoms with Gasteiger partial charge in [-0.15, -0.1) is 10.2 Å². The molecule has 0 aliphatic carbocycles. The summed E-state index contributed by atoms with van der Waals surface area (Å²) in [5.74, 6) is 1.47. The van der Waals surface area contributed by atoms with Crippen LogP contribution in [-0.4, -0.2) is 94.2 Å². The number of aryl methyl sites for hydroxylation is 1. The van der Waals surface area contributed by atoms with Crippen molar-refractivity contribution in [3.63, 3.8) is 0 Å². The summed E-state index contributed by atoms with van der Waals surface area (Å²) in [6.45, 7) is 10.9. The molecule has 3 aliphatic heterocycles. The molecule has 5 rings (SSSR count). The van der Waals surface area contributed by atoms with Crippen LogP contribution < -0.4 is 0 Å². The molecule has 2 aromatic heterocycles. The highest BCUT2D eigenvalue weighted by atomic mass is 16.5. The Morgan fingerprint density at radius 3 is 2.53 bits per heavy atom. The van der Waals surface area contributed by atoms with Crippen LogP contribution in [-0.2, 0) is 9.53 Å². The molecule has 10 nitrogen and oxygen atoms in total. The molecule has 1 spiro atoms. The van der Waals surface area contributed by atoms with Gasteiger partial charge in [-0.1, -0.05) is 19.9 Å². The third-order valence-electron chi connectivity index (χ3n) is 7.87. The van der Waals surface area contributed by atoms with Crippen molar-refractivity contribution in [1.29, 1.82) is 0 Å². The highest BCUT2D eigenvalue weighted by Gasteiger charge is 2.49. The Hall–Kier alpha value is -2.85. The molecule has 3 saturated heterocycles. The average molecular weight is 497 g/mol. The summed E-state index contributed by atoms with van der Waals surface area (Å²) in [7, 11) is 0. The first-order chi connectivity index (χ1) is 17.3. The fraction of sp³-hybridized carbons (Fsp3) is 0.654. The molecular formula is C26H36N6O4. The zero-order valence-electron chi connectivity index (χ0n) is 21.5. The van der Waals surface area contributed by atoms with E-state index in [0.717, 1.165) is 31.4 Å². The van der Waals surface area contributed by atoms with E-state index in [9.17, 15) is 9.59 Å². The van der Waals surface area contributed by atoms with Gasteiger partial charge in [-0.3, -0.25) is 19.5 Å². The summed E-state index contributed by atoms with van der Waals surface area (Å²) in [6.07, 6.45) is 4.25. The molecule has 0 bridgehead atoms. The molecule has 0 N–H and O–H groups in total. The van der Waals surface area contributed by atoms with Crippen LogP contribution in [0.25, 0.3) is 0 Å². The second-order valence-corrected chi connectivity index (χ2v) is 10.7. The van der Waals surface area contributed by atoms with Crippen LogP contribution in [0.1, 0.15) is 72.9 Å². The average Bonchev–Trinajstić information content (AvgIpc) is 3.51. The minimum absolute atomic E-state index is 0.00163. The summed E-state index contributed by atoms with van der Waals surface area (Å²) in [5, 5.41) is 8.64. The lowest BCUT2D eigenvalue weighted by molar-refractivity contribution is -0.136. The van der Waals surface area contributed by atoms with Gasteiger partial charge in [0.2, 0.25) is 17.7 Å². The van der Waals surface area contributed by atoms with Crippen molar-refractivity contribution < 1.29 is 18.7 Å². The Morgan fingerprint density at radius 1 is 1.11 bits per heavy atom. The number of rotatable bonds is 5. The predicted molar refractivity (Wildman–Crippen MR) is 131 cm³/mol. The largest absolute Gasteiger partial charge is 0.423 e. The summed E-state index contributed by atoms with van der Waals surface area (Å²) < 4.78 is 11.5. The fourth-order valence-electron chi connectivity index (χ4n) is 5.66. The van der Waals surface area contributed by atoms with Crippen LogP contribution in [0.5, 0.6) is 0 Å². The number of nitrogens with zero attached hydrogens (tertiary/aromatic N) is 6. The number of carbonyl (C=O) groups is 2. The van der Waals surface area contributed by atoms with Crippen molar-refractivity contribution in [2.24, 2.45) is 5.41 Å². The van der Waals surface area contributed by atoms with Gasteiger partial charge in [0.05, 0.1) is 25.8 Å². The minimum Gasteiger partial charge on any atom is -0.423 e. The second kappa shape index (κ2) is 10.3. The van der Waals surface area contributed by atoms with E-state index < -0.39 is 0 Å². The Bertz CT molecular complexity index is 1090. The summed E-state index contributed by atoms with van der Waals surface area (Å²) in [5.41, 5.74) is 1.43. The number of likely N-dealkylation sites (tertiary alicyclic amines) is 2. The van der Waals surface area contributed by atoms with Gasteiger partial charge in [-0.05, 0) is 43.2 Å². The van der Waals surface area contributed by atoms with Gasteiger partial charge in [0.1, 0.15) is 5.69 Å². The van der Waals surface area contributed by atoms with Crippen molar-refractivity contribution in [2.45, 2.75) is 52.0 Å². The molecule has 3 aliphatic rings. The van der Waals surface area contributed by atoms with Gasteiger partial charge in [-0.25, -0.2) is 0 Å². The monoisotopic (exact) mass is 496 g/mol. The number of morpholine rings is 1. The van der Waals surface area contributed by atoms with Crippen molar-refractivity contribution in [3.05, 3.63) is 41.4 Å². The maximum atomic E-state index is 13.1. The smallest absolute Gasteiger partial charge is 0.272 e. The van der Waals surface area contributed by atoms with Crippen molar-refractivity contribution in [1.82, 2.24) is 29.9 Å². The molecule has 1 unspecified atom stereocenters. The zero-order chi connectivity index (χ0) is 25.3. The zero-order valence-corrected chi connectivity index (χ0v) is 21.5. The highest BCUT2D eigenvalue weighted by molar-refractivity contribution is 5.93. The van der Waals surface area contributed by atoms with Crippen LogP contribution >= 0.6 is 0 Å². The number of amides is 2. The van der Waals surface area contributed by atoms with E-state index >= 15 is 0 Å². The lowest BCUT2D eigenvalue weighted by atomic mass is 9.76. The standard InChI is InChI=1S/C26H36N6O4/c1-18(2)23-28-29-24(36-23)20-15-26(17-32(20)16-21(33)30-11-13-35-14-12-30)6-9-31(10-7-26)25(34)22-19(3)5-4-8-27-22/h4-5,8,18,20H,6-7,9-17H2,1-3H3. The summed E-state index contributed by atoms with van der Waals surface area (Å²) >= 11 is 0. The predicted octanol–water partition coefficient (Wildman–Crippen LogP) is 2.42. The van der Waals surface area contributed by atoms with E-state index in [2.05, 4.69) is 20.1 Å². The SMILES string of the molecule is Cc1cccnc1C(=O)N1CCC2(CC1)CC(c1nnc(C(C)C)o1)N(CC(=O)N1CCOCC1)C2. The quantitative estimate of drug-likeness (QED) is 0.622. The number of pyridine rings is 1. The molecule has 10 heteroatoms. The fourth-order valence-corrected chi connectivity index (χ4v) is 5.66. The first-order valence-corrected chi connectivity index (χ1v) is 13.0. The van der Waals surface area contributed by atoms with E-state index in [1.807, 2.05) is 42.7 Å². The van der Waals surface area contributed by atoms with Crippen molar-refractivity contribution >= 4 is 11.8 Å². The lowest BCUT2D eigenvalue weighted by Gasteiger charge is -2.39. The number of ether oxygens (including phenoxy) is 1. The molecule has 1 atom stereocenters. The van der Waals surface area contributed by atoms with E-state index in [-0.39, 0.29) is 29.2 Å². The van der Waals surface area contributed by atoms with Crippen LogP contribution in [0.4, 0.5) is 0 Å². The third kappa shape index (κ3) is 5.01. The molecule has 0 saturated carbocycles. The summed E-state index contributed by atoms with van der Waals surface area (Å²) in [4.78, 5) is 36.6. The topological polar surface area (TPSA) is 105 Å². The molecule has 0 aromatic carbocycles. The molecule has 36 heavy (non-hydrogen) atoms.